The zero-order chi connectivity index (χ0) is 34.1. The van der Waals surface area contributed by atoms with Crippen LogP contribution < -0.4 is 15.4 Å². The number of alkyl halides is 7. The summed E-state index contributed by atoms with van der Waals surface area (Å²) in [6.45, 7) is 9.37. The van der Waals surface area contributed by atoms with Crippen molar-refractivity contribution in [3.8, 4) is 0 Å². The van der Waals surface area contributed by atoms with Crippen LogP contribution in [0.5, 0.6) is 0 Å². The van der Waals surface area contributed by atoms with Crippen LogP contribution in [0, 0.1) is 6.92 Å². The lowest BCUT2D eigenvalue weighted by Crippen LogP contribution is -2.50. The van der Waals surface area contributed by atoms with E-state index in [0.717, 1.165) is 6.92 Å². The molecule has 0 fully saturated rings. The van der Waals surface area contributed by atoms with Gasteiger partial charge in [0.1, 0.15) is 5.60 Å². The number of anilines is 1. The van der Waals surface area contributed by atoms with Crippen LogP contribution in [0.2, 0.25) is 5.02 Å². The smallest absolute Gasteiger partial charge is 0.435 e. The predicted octanol–water partition coefficient (Wildman–Crippen LogP) is 7.84. The Morgan fingerprint density at radius 2 is 1.45 bits per heavy atom. The van der Waals surface area contributed by atoms with Gasteiger partial charge in [-0.15, -0.1) is 0 Å². The molecule has 0 bridgehead atoms. The molecule has 0 aromatic heterocycles. The standard InChI is InChI=1S/C28H31ClF7N3O4S/c1-15-13-16(26(30,27(31,32)33)28(34,35)36)11-12-19(15)37-21(40)17-9-8-10-18(29)20(17)22(41)38-25(5,6)14-44(7)39-23(42)43-24(2,3)4/h8-14H,1-7H3,(H,37,40)(H,38,41)(H,39,42). The van der Waals surface area contributed by atoms with Crippen molar-refractivity contribution in [2.75, 3.05) is 11.6 Å². The van der Waals surface area contributed by atoms with E-state index in [4.69, 9.17) is 16.3 Å². The summed E-state index contributed by atoms with van der Waals surface area (Å²) in [7, 11) is -0.890. The highest BCUT2D eigenvalue weighted by Gasteiger charge is 2.73. The molecule has 2 rings (SSSR count). The highest BCUT2D eigenvalue weighted by atomic mass is 35.5. The van der Waals surface area contributed by atoms with Crippen molar-refractivity contribution in [3.63, 3.8) is 0 Å². The Kier molecular flexibility index (Phi) is 10.9. The van der Waals surface area contributed by atoms with E-state index in [2.05, 4.69) is 15.4 Å². The molecule has 44 heavy (non-hydrogen) atoms. The zero-order valence-electron chi connectivity index (χ0n) is 24.6. The van der Waals surface area contributed by atoms with E-state index in [1.54, 1.807) is 46.2 Å². The summed E-state index contributed by atoms with van der Waals surface area (Å²) in [5.74, 6) is -1.78. The maximum absolute atomic E-state index is 14.5. The Morgan fingerprint density at radius 1 is 0.886 bits per heavy atom. The molecule has 0 spiro atoms. The van der Waals surface area contributed by atoms with Gasteiger partial charge in [-0.05, 0) is 76.9 Å². The zero-order valence-corrected chi connectivity index (χ0v) is 26.2. The third-order valence-corrected chi connectivity index (χ3v) is 7.44. The third kappa shape index (κ3) is 8.87. The monoisotopic (exact) mass is 673 g/mol. The maximum atomic E-state index is 14.5. The number of halogens is 8. The molecule has 3 amide bonds. The molecule has 0 heterocycles. The number of carbonyl (C=O) groups is 3. The van der Waals surface area contributed by atoms with Gasteiger partial charge >= 0.3 is 24.1 Å². The van der Waals surface area contributed by atoms with Crippen LogP contribution in [0.3, 0.4) is 0 Å². The van der Waals surface area contributed by atoms with Crippen molar-refractivity contribution in [1.29, 1.82) is 0 Å². The molecule has 7 nitrogen and oxygen atoms in total. The number of hydrogen-bond acceptors (Lipinski definition) is 4. The van der Waals surface area contributed by atoms with E-state index in [0.29, 0.717) is 12.1 Å². The average Bonchev–Trinajstić information content (AvgIpc) is 2.80. The second-order valence-corrected chi connectivity index (χ2v) is 13.2. The van der Waals surface area contributed by atoms with Crippen LogP contribution in [-0.4, -0.2) is 53.0 Å². The van der Waals surface area contributed by atoms with E-state index in [9.17, 15) is 45.1 Å². The number of hydrogen-bond donors (Lipinski definition) is 3. The molecule has 0 radical (unpaired) electrons. The number of benzene rings is 2. The molecule has 244 valence electrons. The van der Waals surface area contributed by atoms with Crippen LogP contribution in [0.15, 0.2) is 36.4 Å². The molecule has 0 saturated heterocycles. The summed E-state index contributed by atoms with van der Waals surface area (Å²) in [6.07, 6.45) is -11.6. The molecular formula is C28H31ClF7N3O4S. The highest BCUT2D eigenvalue weighted by molar-refractivity contribution is 8.13. The molecule has 0 aliphatic carbocycles. The molecule has 0 saturated carbocycles. The quantitative estimate of drug-likeness (QED) is 0.206. The predicted molar refractivity (Wildman–Crippen MR) is 156 cm³/mol. The Labute approximate surface area is 256 Å². The molecule has 1 unspecified atom stereocenters. The summed E-state index contributed by atoms with van der Waals surface area (Å²) in [5, 5.41) is 6.47. The Balaban J connectivity index is 2.35. The summed E-state index contributed by atoms with van der Waals surface area (Å²) < 4.78 is 101. The van der Waals surface area contributed by atoms with Crippen molar-refractivity contribution in [1.82, 2.24) is 10.0 Å². The van der Waals surface area contributed by atoms with Gasteiger partial charge < -0.3 is 15.4 Å². The molecule has 2 aromatic carbocycles. The molecule has 0 aliphatic heterocycles. The SMILES string of the molecule is Cc1cc(C(F)(C(F)(F)F)C(F)(F)F)ccc1NC(=O)c1cccc(Cl)c1C(=O)NC(C)(C)C=S(C)NC(=O)OC(C)(C)C. The lowest BCUT2D eigenvalue weighted by Gasteiger charge is -2.30. The molecule has 2 aromatic rings. The molecule has 3 N–H and O–H groups in total. The minimum Gasteiger partial charge on any atom is -0.443 e. The van der Waals surface area contributed by atoms with Gasteiger partial charge in [0, 0.05) is 11.3 Å². The second kappa shape index (κ2) is 13.0. The number of ether oxygens (including phenoxy) is 1. The van der Waals surface area contributed by atoms with Gasteiger partial charge in [0.15, 0.2) is 0 Å². The van der Waals surface area contributed by atoms with Crippen LogP contribution in [0.4, 0.5) is 41.2 Å². The van der Waals surface area contributed by atoms with Gasteiger partial charge in [-0.3, -0.25) is 14.3 Å². The third-order valence-electron chi connectivity index (χ3n) is 5.69. The fourth-order valence-corrected chi connectivity index (χ4v) is 5.49. The van der Waals surface area contributed by atoms with Gasteiger partial charge in [0.25, 0.3) is 11.8 Å². The maximum Gasteiger partial charge on any atom is 0.435 e. The van der Waals surface area contributed by atoms with E-state index in [1.807, 2.05) is 0 Å². The average molecular weight is 674 g/mol. The lowest BCUT2D eigenvalue weighted by atomic mass is 9.92. The van der Waals surface area contributed by atoms with Gasteiger partial charge in [-0.1, -0.05) is 40.5 Å². The second-order valence-electron chi connectivity index (χ2n) is 11.3. The van der Waals surface area contributed by atoms with E-state index >= 15 is 0 Å². The first-order chi connectivity index (χ1) is 19.8. The first-order valence-corrected chi connectivity index (χ1v) is 14.7. The van der Waals surface area contributed by atoms with Crippen LogP contribution >= 0.6 is 22.3 Å². The largest absolute Gasteiger partial charge is 0.443 e. The molecule has 0 aliphatic rings. The fraction of sp³-hybridized carbons (Fsp3) is 0.429. The summed E-state index contributed by atoms with van der Waals surface area (Å²) in [5.41, 5.74) is -10.3. The van der Waals surface area contributed by atoms with Crippen LogP contribution in [0.25, 0.3) is 0 Å². The number of rotatable bonds is 7. The normalized spacial score (nSPS) is 13.7. The summed E-state index contributed by atoms with van der Waals surface area (Å²) >= 11 is 6.25. The number of carbonyl (C=O) groups excluding carboxylic acids is 3. The molecular weight excluding hydrogens is 643 g/mol. The molecule has 1 atom stereocenters. The van der Waals surface area contributed by atoms with E-state index < -0.39 is 63.3 Å². The van der Waals surface area contributed by atoms with Gasteiger partial charge in [0.2, 0.25) is 0 Å². The first kappa shape index (κ1) is 36.9. The van der Waals surface area contributed by atoms with Crippen molar-refractivity contribution in [3.05, 3.63) is 63.7 Å². The Morgan fingerprint density at radius 3 is 1.95 bits per heavy atom. The Hall–Kier alpha value is -3.33. The highest BCUT2D eigenvalue weighted by Crippen LogP contribution is 2.53. The van der Waals surface area contributed by atoms with Crippen molar-refractivity contribution >= 4 is 51.2 Å². The number of aryl methyl sites for hydroxylation is 1. The van der Waals surface area contributed by atoms with Crippen LogP contribution in [0.1, 0.15) is 66.5 Å². The first-order valence-electron chi connectivity index (χ1n) is 12.7. The lowest BCUT2D eigenvalue weighted by molar-refractivity contribution is -0.348. The fourth-order valence-electron chi connectivity index (χ4n) is 3.93. The van der Waals surface area contributed by atoms with Crippen molar-refractivity contribution < 1.29 is 49.9 Å². The minimum atomic E-state index is -6.30. The van der Waals surface area contributed by atoms with Crippen LogP contribution in [-0.2, 0) is 10.4 Å². The van der Waals surface area contributed by atoms with E-state index in [-0.39, 0.29) is 33.5 Å². The summed E-state index contributed by atoms with van der Waals surface area (Å²) in [4.78, 5) is 38.6. The summed E-state index contributed by atoms with van der Waals surface area (Å²) in [6, 6.07) is 5.18. The van der Waals surface area contributed by atoms with E-state index in [1.165, 1.54) is 18.2 Å². The molecule has 16 heteroatoms. The van der Waals surface area contributed by atoms with Crippen molar-refractivity contribution in [2.24, 2.45) is 0 Å². The number of amides is 3. The van der Waals surface area contributed by atoms with Gasteiger partial charge in [0.05, 0.1) is 21.7 Å². The minimum absolute atomic E-state index is 0.141. The van der Waals surface area contributed by atoms with Gasteiger partial charge in [-0.2, -0.15) is 26.3 Å². The Bertz CT molecular complexity index is 1450. The topological polar surface area (TPSA) is 96.5 Å². The van der Waals surface area contributed by atoms with Gasteiger partial charge in [-0.25, -0.2) is 9.18 Å². The number of nitrogens with one attached hydrogen (secondary N) is 3. The van der Waals surface area contributed by atoms with Crippen molar-refractivity contribution in [2.45, 2.75) is 70.7 Å².